The van der Waals surface area contributed by atoms with Gasteiger partial charge < -0.3 is 14.9 Å². The minimum atomic E-state index is -0.604. The van der Waals surface area contributed by atoms with E-state index in [4.69, 9.17) is 4.74 Å². The van der Waals surface area contributed by atoms with E-state index in [0.717, 1.165) is 25.7 Å². The van der Waals surface area contributed by atoms with E-state index in [9.17, 15) is 15.0 Å². The molecule has 7 atom stereocenters. The van der Waals surface area contributed by atoms with Crippen molar-refractivity contribution in [2.24, 2.45) is 34.5 Å². The average molecular weight is 322 g/mol. The molecule has 0 aromatic rings. The van der Waals surface area contributed by atoms with Gasteiger partial charge >= 0.3 is 5.97 Å². The number of carbonyl (C=O) groups excluding carboxylic acids is 1. The van der Waals surface area contributed by atoms with Crippen molar-refractivity contribution < 1.29 is 19.7 Å². The van der Waals surface area contributed by atoms with Gasteiger partial charge in [0.15, 0.2) is 0 Å². The van der Waals surface area contributed by atoms with Crippen LogP contribution in [-0.2, 0) is 9.53 Å². The van der Waals surface area contributed by atoms with E-state index in [2.05, 4.69) is 26.0 Å². The average Bonchev–Trinajstić information content (AvgIpc) is 2.54. The van der Waals surface area contributed by atoms with Gasteiger partial charge in [0.1, 0.15) is 0 Å². The molecule has 0 aromatic carbocycles. The number of hydrogen-bond acceptors (Lipinski definition) is 4. The van der Waals surface area contributed by atoms with Gasteiger partial charge in [-0.2, -0.15) is 0 Å². The minimum absolute atomic E-state index is 0.0185. The maximum Gasteiger partial charge on any atom is 0.311 e. The molecule has 130 valence electrons. The molecule has 23 heavy (non-hydrogen) atoms. The lowest BCUT2D eigenvalue weighted by Crippen LogP contribution is -2.54. The molecule has 0 unspecified atom stereocenters. The van der Waals surface area contributed by atoms with Gasteiger partial charge in [-0.05, 0) is 60.7 Å². The highest BCUT2D eigenvalue weighted by molar-refractivity contribution is 5.74. The van der Waals surface area contributed by atoms with Crippen molar-refractivity contribution in [3.05, 3.63) is 12.2 Å². The number of aliphatic hydroxyl groups is 2. The van der Waals surface area contributed by atoms with Crippen LogP contribution in [0, 0.1) is 34.5 Å². The van der Waals surface area contributed by atoms with Crippen LogP contribution in [-0.4, -0.2) is 36.0 Å². The molecule has 2 N–H and O–H groups in total. The molecule has 4 nitrogen and oxygen atoms in total. The van der Waals surface area contributed by atoms with Crippen LogP contribution in [0.2, 0.25) is 0 Å². The summed E-state index contributed by atoms with van der Waals surface area (Å²) >= 11 is 0. The summed E-state index contributed by atoms with van der Waals surface area (Å²) in [6.07, 6.45) is 8.56. The smallest absolute Gasteiger partial charge is 0.311 e. The summed E-state index contributed by atoms with van der Waals surface area (Å²) in [5, 5.41) is 20.1. The molecular formula is C19H30O4. The SMILES string of the molecule is COC(=O)[C@@H]1[C@@H](O)CC[C@]2(C)[C@@H]3CC[C@@](C)(CO)C[C@H]3C=C[C@@H]12. The van der Waals surface area contributed by atoms with Crippen molar-refractivity contribution in [2.75, 3.05) is 13.7 Å². The Morgan fingerprint density at radius 3 is 2.65 bits per heavy atom. The number of carbonyl (C=O) groups is 1. The van der Waals surface area contributed by atoms with Crippen LogP contribution in [0.5, 0.6) is 0 Å². The lowest BCUT2D eigenvalue weighted by molar-refractivity contribution is -0.163. The van der Waals surface area contributed by atoms with Gasteiger partial charge in [-0.1, -0.05) is 26.0 Å². The molecule has 3 aliphatic carbocycles. The highest BCUT2D eigenvalue weighted by atomic mass is 16.5. The fourth-order valence-electron chi connectivity index (χ4n) is 5.62. The molecule has 0 spiro atoms. The number of rotatable bonds is 2. The first kappa shape index (κ1) is 17.0. The van der Waals surface area contributed by atoms with E-state index < -0.39 is 12.0 Å². The Hall–Kier alpha value is -0.870. The third-order valence-electron chi connectivity index (χ3n) is 7.11. The Kier molecular flexibility index (Phi) is 4.35. The van der Waals surface area contributed by atoms with Crippen molar-refractivity contribution >= 4 is 5.97 Å². The maximum absolute atomic E-state index is 12.2. The highest BCUT2D eigenvalue weighted by Gasteiger charge is 2.56. The summed E-state index contributed by atoms with van der Waals surface area (Å²) in [5.41, 5.74) is 0.0545. The zero-order chi connectivity index (χ0) is 16.8. The number of hydrogen-bond donors (Lipinski definition) is 2. The molecule has 2 fully saturated rings. The van der Waals surface area contributed by atoms with E-state index in [-0.39, 0.29) is 29.3 Å². The summed E-state index contributed by atoms with van der Waals surface area (Å²) in [6.45, 7) is 4.71. The Labute approximate surface area is 138 Å². The number of allylic oxidation sites excluding steroid dienone is 2. The van der Waals surface area contributed by atoms with Gasteiger partial charge in [0.25, 0.3) is 0 Å². The Balaban J connectivity index is 1.92. The summed E-state index contributed by atoms with van der Waals surface area (Å²) in [6, 6.07) is 0. The number of methoxy groups -OCH3 is 1. The summed E-state index contributed by atoms with van der Waals surface area (Å²) in [7, 11) is 1.41. The predicted molar refractivity (Wildman–Crippen MR) is 87.5 cm³/mol. The van der Waals surface area contributed by atoms with Crippen LogP contribution >= 0.6 is 0 Å². The molecule has 0 saturated heterocycles. The number of aliphatic hydroxyl groups excluding tert-OH is 2. The predicted octanol–water partition coefficient (Wildman–Crippen LogP) is 2.54. The molecule has 3 rings (SSSR count). The van der Waals surface area contributed by atoms with Crippen molar-refractivity contribution in [2.45, 2.75) is 52.1 Å². The normalized spacial score (nSPS) is 49.2. The molecule has 0 aliphatic heterocycles. The van der Waals surface area contributed by atoms with Crippen molar-refractivity contribution in [1.82, 2.24) is 0 Å². The van der Waals surface area contributed by atoms with Crippen LogP contribution in [0.4, 0.5) is 0 Å². The second-order valence-electron chi connectivity index (χ2n) is 8.55. The summed E-state index contributed by atoms with van der Waals surface area (Å²) < 4.78 is 4.97. The Morgan fingerprint density at radius 2 is 2.00 bits per heavy atom. The zero-order valence-corrected chi connectivity index (χ0v) is 14.5. The quantitative estimate of drug-likeness (QED) is 0.606. The first-order valence-corrected chi connectivity index (χ1v) is 8.90. The molecule has 0 radical (unpaired) electrons. The monoisotopic (exact) mass is 322 g/mol. The number of ether oxygens (including phenoxy) is 1. The molecule has 0 aromatic heterocycles. The fraction of sp³-hybridized carbons (Fsp3) is 0.842. The van der Waals surface area contributed by atoms with Gasteiger partial charge in [-0.15, -0.1) is 0 Å². The number of esters is 1. The van der Waals surface area contributed by atoms with Gasteiger partial charge in [0.2, 0.25) is 0 Å². The van der Waals surface area contributed by atoms with Crippen LogP contribution in [0.3, 0.4) is 0 Å². The van der Waals surface area contributed by atoms with Crippen LogP contribution < -0.4 is 0 Å². The minimum Gasteiger partial charge on any atom is -0.469 e. The lowest BCUT2D eigenvalue weighted by atomic mass is 9.47. The molecular weight excluding hydrogens is 292 g/mol. The molecule has 0 heterocycles. The van der Waals surface area contributed by atoms with Gasteiger partial charge in [0.05, 0.1) is 19.1 Å². The first-order chi connectivity index (χ1) is 10.8. The second-order valence-corrected chi connectivity index (χ2v) is 8.55. The van der Waals surface area contributed by atoms with E-state index in [1.165, 1.54) is 7.11 Å². The van der Waals surface area contributed by atoms with Crippen LogP contribution in [0.25, 0.3) is 0 Å². The number of fused-ring (bicyclic) bond motifs is 3. The van der Waals surface area contributed by atoms with E-state index in [0.29, 0.717) is 18.3 Å². The highest BCUT2D eigenvalue weighted by Crippen LogP contribution is 2.60. The van der Waals surface area contributed by atoms with E-state index >= 15 is 0 Å². The Morgan fingerprint density at radius 1 is 1.26 bits per heavy atom. The third-order valence-corrected chi connectivity index (χ3v) is 7.11. The van der Waals surface area contributed by atoms with Crippen LogP contribution in [0.1, 0.15) is 46.0 Å². The van der Waals surface area contributed by atoms with Crippen molar-refractivity contribution in [3.8, 4) is 0 Å². The standard InChI is InChI=1S/C19H30O4/c1-18(11-20)8-6-13-12(10-18)4-5-14-16(17(22)23-3)15(21)7-9-19(13,14)2/h4-5,12-16,20-21H,6-11H2,1-3H3/t12-,13-,14+,15+,16+,18-,19-/m1/s1. The molecule has 4 heteroatoms. The second kappa shape index (κ2) is 5.89. The lowest BCUT2D eigenvalue weighted by Gasteiger charge is -2.57. The topological polar surface area (TPSA) is 66.8 Å². The van der Waals surface area contributed by atoms with Crippen molar-refractivity contribution in [3.63, 3.8) is 0 Å². The fourth-order valence-corrected chi connectivity index (χ4v) is 5.62. The summed E-state index contributed by atoms with van der Waals surface area (Å²) in [5.74, 6) is 0.320. The Bertz CT molecular complexity index is 502. The van der Waals surface area contributed by atoms with Gasteiger partial charge in [0, 0.05) is 6.61 Å². The van der Waals surface area contributed by atoms with Gasteiger partial charge in [-0.3, -0.25) is 4.79 Å². The summed E-state index contributed by atoms with van der Waals surface area (Å²) in [4.78, 5) is 12.2. The molecule has 0 bridgehead atoms. The van der Waals surface area contributed by atoms with E-state index in [1.54, 1.807) is 0 Å². The first-order valence-electron chi connectivity index (χ1n) is 8.90. The molecule has 3 aliphatic rings. The van der Waals surface area contributed by atoms with Crippen molar-refractivity contribution in [1.29, 1.82) is 0 Å². The largest absolute Gasteiger partial charge is 0.469 e. The zero-order valence-electron chi connectivity index (χ0n) is 14.5. The van der Waals surface area contributed by atoms with E-state index in [1.807, 2.05) is 0 Å². The van der Waals surface area contributed by atoms with Gasteiger partial charge in [-0.25, -0.2) is 0 Å². The molecule has 0 amide bonds. The van der Waals surface area contributed by atoms with Crippen LogP contribution in [0.15, 0.2) is 12.2 Å². The molecule has 2 saturated carbocycles. The third kappa shape index (κ3) is 2.64. The maximum atomic E-state index is 12.2.